The molecular weight excluding hydrogens is 262 g/mol. The average molecular weight is 278 g/mol. The molecular formula is C11H16ClNOS2. The third kappa shape index (κ3) is 2.86. The lowest BCUT2D eigenvalue weighted by Gasteiger charge is -2.18. The zero-order chi connectivity index (χ0) is 11.7. The number of aryl methyl sites for hydroxylation is 1. The van der Waals surface area contributed by atoms with Gasteiger partial charge in [-0.25, -0.2) is 0 Å². The Morgan fingerprint density at radius 1 is 1.75 bits per heavy atom. The van der Waals surface area contributed by atoms with E-state index in [0.29, 0.717) is 17.8 Å². The van der Waals surface area contributed by atoms with Crippen molar-refractivity contribution in [3.05, 3.63) is 20.8 Å². The Bertz CT molecular complexity index is 405. The maximum absolute atomic E-state index is 11.1. The van der Waals surface area contributed by atoms with Crippen LogP contribution < -0.4 is 5.32 Å². The quantitative estimate of drug-likeness (QED) is 0.917. The summed E-state index contributed by atoms with van der Waals surface area (Å²) in [4.78, 5) is 1.41. The SMILES string of the molecule is CC(CS(C)=O)NC1CCc2sc(Cl)cc21. The molecule has 0 saturated heterocycles. The van der Waals surface area contributed by atoms with Gasteiger partial charge in [-0.3, -0.25) is 4.21 Å². The van der Waals surface area contributed by atoms with Crippen LogP contribution in [-0.2, 0) is 17.2 Å². The van der Waals surface area contributed by atoms with Crippen LogP contribution in [0.5, 0.6) is 0 Å². The van der Waals surface area contributed by atoms with Crippen LogP contribution in [-0.4, -0.2) is 22.3 Å². The largest absolute Gasteiger partial charge is 0.306 e. The number of hydrogen-bond acceptors (Lipinski definition) is 3. The minimum Gasteiger partial charge on any atom is -0.306 e. The first-order valence-electron chi connectivity index (χ1n) is 5.40. The minimum atomic E-state index is -0.734. The van der Waals surface area contributed by atoms with E-state index >= 15 is 0 Å². The lowest BCUT2D eigenvalue weighted by molar-refractivity contribution is 0.477. The Morgan fingerprint density at radius 2 is 2.50 bits per heavy atom. The van der Waals surface area contributed by atoms with Crippen molar-refractivity contribution >= 4 is 33.7 Å². The van der Waals surface area contributed by atoms with E-state index in [2.05, 4.69) is 18.3 Å². The summed E-state index contributed by atoms with van der Waals surface area (Å²) in [5, 5.41) is 3.53. The molecule has 1 aliphatic carbocycles. The zero-order valence-corrected chi connectivity index (χ0v) is 11.8. The molecule has 5 heteroatoms. The molecule has 3 unspecified atom stereocenters. The van der Waals surface area contributed by atoms with Crippen molar-refractivity contribution in [2.75, 3.05) is 12.0 Å². The molecule has 1 aromatic heterocycles. The van der Waals surface area contributed by atoms with Crippen LogP contribution in [0.2, 0.25) is 4.34 Å². The lowest BCUT2D eigenvalue weighted by Crippen LogP contribution is -2.33. The molecule has 90 valence electrons. The van der Waals surface area contributed by atoms with Gasteiger partial charge in [0.2, 0.25) is 0 Å². The summed E-state index contributed by atoms with van der Waals surface area (Å²) >= 11 is 7.69. The third-order valence-corrected chi connectivity index (χ3v) is 5.13. The summed E-state index contributed by atoms with van der Waals surface area (Å²) in [5.41, 5.74) is 1.35. The van der Waals surface area contributed by atoms with Crippen molar-refractivity contribution in [3.8, 4) is 0 Å². The zero-order valence-electron chi connectivity index (χ0n) is 9.46. The van der Waals surface area contributed by atoms with Gasteiger partial charge in [-0.1, -0.05) is 11.6 Å². The van der Waals surface area contributed by atoms with Crippen LogP contribution in [0.1, 0.15) is 29.8 Å². The number of halogens is 1. The van der Waals surface area contributed by atoms with Crippen molar-refractivity contribution in [1.29, 1.82) is 0 Å². The van der Waals surface area contributed by atoms with Crippen LogP contribution in [0, 0.1) is 0 Å². The molecule has 0 aromatic carbocycles. The van der Waals surface area contributed by atoms with Crippen molar-refractivity contribution in [2.45, 2.75) is 31.8 Å². The molecule has 3 atom stereocenters. The van der Waals surface area contributed by atoms with E-state index in [9.17, 15) is 4.21 Å². The predicted molar refractivity (Wildman–Crippen MR) is 71.9 cm³/mol. The van der Waals surface area contributed by atoms with Gasteiger partial charge < -0.3 is 5.32 Å². The highest BCUT2D eigenvalue weighted by molar-refractivity contribution is 7.84. The van der Waals surface area contributed by atoms with Gasteiger partial charge in [-0.2, -0.15) is 0 Å². The Labute approximate surface area is 108 Å². The summed E-state index contributed by atoms with van der Waals surface area (Å²) in [5.74, 6) is 0.712. The molecule has 16 heavy (non-hydrogen) atoms. The molecule has 1 heterocycles. The first-order chi connectivity index (χ1) is 7.56. The topological polar surface area (TPSA) is 29.1 Å². The van der Waals surface area contributed by atoms with Gasteiger partial charge in [0.25, 0.3) is 0 Å². The predicted octanol–water partition coefficient (Wildman–Crippen LogP) is 2.75. The number of thiophene rings is 1. The van der Waals surface area contributed by atoms with Crippen LogP contribution in [0.4, 0.5) is 0 Å². The van der Waals surface area contributed by atoms with Gasteiger partial charge >= 0.3 is 0 Å². The van der Waals surface area contributed by atoms with Crippen LogP contribution in [0.25, 0.3) is 0 Å². The van der Waals surface area contributed by atoms with Crippen molar-refractivity contribution < 1.29 is 4.21 Å². The standard InChI is InChI=1S/C11H16ClNOS2/c1-7(6-16(2)14)13-9-3-4-10-8(9)5-11(12)15-10/h5,7,9,13H,3-4,6H2,1-2H3. The molecule has 1 N–H and O–H groups in total. The van der Waals surface area contributed by atoms with E-state index in [4.69, 9.17) is 11.6 Å². The fourth-order valence-electron chi connectivity index (χ4n) is 2.25. The minimum absolute atomic E-state index is 0.292. The monoisotopic (exact) mass is 277 g/mol. The maximum atomic E-state index is 11.1. The van der Waals surface area contributed by atoms with E-state index in [1.54, 1.807) is 17.6 Å². The van der Waals surface area contributed by atoms with Crippen molar-refractivity contribution in [1.82, 2.24) is 5.32 Å². The lowest BCUT2D eigenvalue weighted by atomic mass is 10.1. The van der Waals surface area contributed by atoms with Gasteiger partial charge in [-0.05, 0) is 31.4 Å². The molecule has 0 spiro atoms. The molecule has 0 bridgehead atoms. The highest BCUT2D eigenvalue weighted by Gasteiger charge is 2.25. The molecule has 0 amide bonds. The first kappa shape index (κ1) is 12.6. The van der Waals surface area contributed by atoms with E-state index in [1.165, 1.54) is 10.4 Å². The molecule has 0 aliphatic heterocycles. The van der Waals surface area contributed by atoms with Gasteiger partial charge in [-0.15, -0.1) is 11.3 Å². The van der Waals surface area contributed by atoms with Crippen LogP contribution in [0.15, 0.2) is 6.07 Å². The molecule has 1 aliphatic rings. The van der Waals surface area contributed by atoms with Gasteiger partial charge in [0, 0.05) is 39.8 Å². The van der Waals surface area contributed by atoms with Crippen molar-refractivity contribution in [2.24, 2.45) is 0 Å². The first-order valence-corrected chi connectivity index (χ1v) is 8.32. The number of rotatable bonds is 4. The Hall–Kier alpha value is 0.1000. The Balaban J connectivity index is 1.99. The van der Waals surface area contributed by atoms with Crippen molar-refractivity contribution in [3.63, 3.8) is 0 Å². The van der Waals surface area contributed by atoms with Gasteiger partial charge in [0.15, 0.2) is 0 Å². The fourth-order valence-corrected chi connectivity index (χ4v) is 4.40. The van der Waals surface area contributed by atoms with E-state index in [-0.39, 0.29) is 0 Å². The fraction of sp³-hybridized carbons (Fsp3) is 0.636. The summed E-state index contributed by atoms with van der Waals surface area (Å²) in [6, 6.07) is 2.76. The van der Waals surface area contributed by atoms with E-state index in [0.717, 1.165) is 17.2 Å². The summed E-state index contributed by atoms with van der Waals surface area (Å²) in [7, 11) is -0.734. The summed E-state index contributed by atoms with van der Waals surface area (Å²) < 4.78 is 12.0. The van der Waals surface area contributed by atoms with E-state index in [1.807, 2.05) is 0 Å². The molecule has 2 nitrogen and oxygen atoms in total. The summed E-state index contributed by atoms with van der Waals surface area (Å²) in [6.07, 6.45) is 4.01. The number of hydrogen-bond donors (Lipinski definition) is 1. The number of nitrogens with one attached hydrogen (secondary N) is 1. The molecule has 0 radical (unpaired) electrons. The summed E-state index contributed by atoms with van der Waals surface area (Å²) in [6.45, 7) is 2.09. The second-order valence-electron chi connectivity index (χ2n) is 4.33. The number of fused-ring (bicyclic) bond motifs is 1. The van der Waals surface area contributed by atoms with E-state index < -0.39 is 10.8 Å². The maximum Gasteiger partial charge on any atom is 0.0934 e. The second-order valence-corrected chi connectivity index (χ2v) is 7.58. The third-order valence-electron chi connectivity index (χ3n) is 2.82. The van der Waals surface area contributed by atoms with Crippen LogP contribution in [0.3, 0.4) is 0 Å². The molecule has 0 saturated carbocycles. The smallest absolute Gasteiger partial charge is 0.0934 e. The average Bonchev–Trinajstić information content (AvgIpc) is 2.65. The van der Waals surface area contributed by atoms with Crippen LogP contribution >= 0.6 is 22.9 Å². The molecule has 1 aromatic rings. The normalized spacial score (nSPS) is 23.1. The highest BCUT2D eigenvalue weighted by Crippen LogP contribution is 2.39. The molecule has 2 rings (SSSR count). The molecule has 0 fully saturated rings. The second kappa shape index (κ2) is 5.17. The Kier molecular flexibility index (Phi) is 4.06. The Morgan fingerprint density at radius 3 is 3.19 bits per heavy atom. The van der Waals surface area contributed by atoms with Gasteiger partial charge in [0.05, 0.1) is 4.34 Å². The van der Waals surface area contributed by atoms with Gasteiger partial charge in [0.1, 0.15) is 0 Å². The highest BCUT2D eigenvalue weighted by atomic mass is 35.5.